The Bertz CT molecular complexity index is 329. The van der Waals surface area contributed by atoms with Crippen LogP contribution in [0.4, 0.5) is 5.95 Å². The highest BCUT2D eigenvalue weighted by Crippen LogP contribution is 2.25. The molecule has 0 amide bonds. The van der Waals surface area contributed by atoms with Gasteiger partial charge in [0.1, 0.15) is 0 Å². The van der Waals surface area contributed by atoms with Crippen LogP contribution in [0.25, 0.3) is 0 Å². The topological polar surface area (TPSA) is 29.9 Å². The van der Waals surface area contributed by atoms with Crippen LogP contribution in [0.3, 0.4) is 0 Å². The van der Waals surface area contributed by atoms with Gasteiger partial charge in [-0.1, -0.05) is 0 Å². The maximum absolute atomic E-state index is 4.51. The summed E-state index contributed by atoms with van der Waals surface area (Å²) in [6.07, 6.45) is 4.88. The molecule has 1 aliphatic heterocycles. The minimum atomic E-state index is 0.840. The molecule has 0 aromatic carbocycles. The lowest BCUT2D eigenvalue weighted by Crippen LogP contribution is -2.17. The molecule has 0 aliphatic carbocycles. The maximum atomic E-state index is 4.51. The highest BCUT2D eigenvalue weighted by atomic mass is 32.2. The van der Waals surface area contributed by atoms with Gasteiger partial charge in [-0.15, -0.1) is 0 Å². The standard InChI is InChI=1S/C12H21N3S/c1-3-13-12-14-10(2)8-15(12)9-11-4-6-16-7-5-11/h8,11H,3-7,9H2,1-2H3,(H,13,14). The number of nitrogens with zero attached hydrogens (tertiary/aromatic N) is 2. The van der Waals surface area contributed by atoms with E-state index in [-0.39, 0.29) is 0 Å². The molecule has 4 heteroatoms. The summed E-state index contributed by atoms with van der Waals surface area (Å²) in [5.41, 5.74) is 1.11. The summed E-state index contributed by atoms with van der Waals surface area (Å²) in [4.78, 5) is 4.51. The molecule has 1 saturated heterocycles. The smallest absolute Gasteiger partial charge is 0.203 e. The van der Waals surface area contributed by atoms with Crippen molar-refractivity contribution in [3.8, 4) is 0 Å². The molecule has 0 bridgehead atoms. The Labute approximate surface area is 102 Å². The summed E-state index contributed by atoms with van der Waals surface area (Å²) in [5, 5.41) is 3.33. The second-order valence-corrected chi connectivity index (χ2v) is 5.67. The molecule has 0 spiro atoms. The minimum absolute atomic E-state index is 0.840. The first-order valence-electron chi connectivity index (χ1n) is 6.15. The Hall–Kier alpha value is -0.640. The van der Waals surface area contributed by atoms with Crippen molar-refractivity contribution in [1.82, 2.24) is 9.55 Å². The number of hydrogen-bond donors (Lipinski definition) is 1. The molecule has 2 heterocycles. The first kappa shape index (κ1) is 11.8. The number of hydrogen-bond acceptors (Lipinski definition) is 3. The number of rotatable bonds is 4. The monoisotopic (exact) mass is 239 g/mol. The third-order valence-electron chi connectivity index (χ3n) is 3.03. The Kier molecular flexibility index (Phi) is 4.16. The molecule has 2 rings (SSSR count). The lowest BCUT2D eigenvalue weighted by molar-refractivity contribution is 0.419. The molecular weight excluding hydrogens is 218 g/mol. The molecule has 3 nitrogen and oxygen atoms in total. The van der Waals surface area contributed by atoms with Gasteiger partial charge in [-0.05, 0) is 44.1 Å². The van der Waals surface area contributed by atoms with Gasteiger partial charge in [0.2, 0.25) is 5.95 Å². The Balaban J connectivity index is 2.01. The predicted molar refractivity (Wildman–Crippen MR) is 71.2 cm³/mol. The molecular formula is C12H21N3S. The van der Waals surface area contributed by atoms with Gasteiger partial charge in [0.05, 0.1) is 5.69 Å². The summed E-state index contributed by atoms with van der Waals surface area (Å²) < 4.78 is 2.29. The quantitative estimate of drug-likeness (QED) is 0.876. The number of aromatic nitrogens is 2. The second kappa shape index (κ2) is 5.62. The van der Waals surface area contributed by atoms with Crippen LogP contribution in [0.15, 0.2) is 6.20 Å². The highest BCUT2D eigenvalue weighted by molar-refractivity contribution is 7.99. The van der Waals surface area contributed by atoms with E-state index in [1.807, 2.05) is 0 Å². The van der Waals surface area contributed by atoms with Crippen molar-refractivity contribution in [3.63, 3.8) is 0 Å². The van der Waals surface area contributed by atoms with Gasteiger partial charge >= 0.3 is 0 Å². The normalized spacial score (nSPS) is 17.6. The lowest BCUT2D eigenvalue weighted by atomic mass is 10.0. The summed E-state index contributed by atoms with van der Waals surface area (Å²) in [5.74, 6) is 4.54. The van der Waals surface area contributed by atoms with Crippen molar-refractivity contribution in [1.29, 1.82) is 0 Å². The van der Waals surface area contributed by atoms with Crippen molar-refractivity contribution >= 4 is 17.7 Å². The van der Waals surface area contributed by atoms with Crippen LogP contribution in [0.1, 0.15) is 25.5 Å². The number of aryl methyl sites for hydroxylation is 1. The number of imidazole rings is 1. The zero-order chi connectivity index (χ0) is 11.4. The van der Waals surface area contributed by atoms with Gasteiger partial charge in [0, 0.05) is 19.3 Å². The first-order valence-corrected chi connectivity index (χ1v) is 7.30. The molecule has 16 heavy (non-hydrogen) atoms. The van der Waals surface area contributed by atoms with Crippen molar-refractivity contribution in [3.05, 3.63) is 11.9 Å². The van der Waals surface area contributed by atoms with Gasteiger partial charge in [0.15, 0.2) is 0 Å². The zero-order valence-electron chi connectivity index (χ0n) is 10.2. The van der Waals surface area contributed by atoms with Gasteiger partial charge in [-0.2, -0.15) is 11.8 Å². The molecule has 1 aromatic heterocycles. The fourth-order valence-corrected chi connectivity index (χ4v) is 3.40. The number of anilines is 1. The molecule has 0 radical (unpaired) electrons. The van der Waals surface area contributed by atoms with Crippen LogP contribution in [0.5, 0.6) is 0 Å². The van der Waals surface area contributed by atoms with Gasteiger partial charge in [-0.3, -0.25) is 0 Å². The number of nitrogens with one attached hydrogen (secondary N) is 1. The van der Waals surface area contributed by atoms with E-state index in [0.717, 1.165) is 30.6 Å². The van der Waals surface area contributed by atoms with E-state index in [2.05, 4.69) is 46.7 Å². The van der Waals surface area contributed by atoms with Crippen LogP contribution in [-0.4, -0.2) is 27.6 Å². The van der Waals surface area contributed by atoms with E-state index in [4.69, 9.17) is 0 Å². The second-order valence-electron chi connectivity index (χ2n) is 4.44. The van der Waals surface area contributed by atoms with Crippen molar-refractivity contribution in [2.45, 2.75) is 33.2 Å². The Morgan fingerprint density at radius 3 is 2.94 bits per heavy atom. The molecule has 0 saturated carbocycles. The fraction of sp³-hybridized carbons (Fsp3) is 0.750. The molecule has 1 aromatic rings. The average molecular weight is 239 g/mol. The Morgan fingerprint density at radius 1 is 1.50 bits per heavy atom. The summed E-state index contributed by atoms with van der Waals surface area (Å²) in [7, 11) is 0. The van der Waals surface area contributed by atoms with Crippen molar-refractivity contribution in [2.24, 2.45) is 5.92 Å². The summed E-state index contributed by atoms with van der Waals surface area (Å²) >= 11 is 2.09. The van der Waals surface area contributed by atoms with E-state index in [1.165, 1.54) is 24.3 Å². The minimum Gasteiger partial charge on any atom is -0.356 e. The first-order chi connectivity index (χ1) is 7.79. The molecule has 90 valence electrons. The van der Waals surface area contributed by atoms with E-state index >= 15 is 0 Å². The van der Waals surface area contributed by atoms with E-state index in [9.17, 15) is 0 Å². The largest absolute Gasteiger partial charge is 0.356 e. The molecule has 1 fully saturated rings. The highest BCUT2D eigenvalue weighted by Gasteiger charge is 2.16. The summed E-state index contributed by atoms with van der Waals surface area (Å²) in [6, 6.07) is 0. The van der Waals surface area contributed by atoms with Gasteiger partial charge < -0.3 is 9.88 Å². The maximum Gasteiger partial charge on any atom is 0.203 e. The zero-order valence-corrected chi connectivity index (χ0v) is 11.0. The van der Waals surface area contributed by atoms with Crippen LogP contribution >= 0.6 is 11.8 Å². The number of thioether (sulfide) groups is 1. The molecule has 0 atom stereocenters. The SMILES string of the molecule is CCNc1nc(C)cn1CC1CCSCC1. The molecule has 1 aliphatic rings. The predicted octanol–water partition coefficient (Wildman–Crippen LogP) is 2.77. The van der Waals surface area contributed by atoms with E-state index in [1.54, 1.807) is 0 Å². The third kappa shape index (κ3) is 2.94. The molecule has 1 N–H and O–H groups in total. The van der Waals surface area contributed by atoms with Gasteiger partial charge in [-0.25, -0.2) is 4.98 Å². The van der Waals surface area contributed by atoms with E-state index in [0.29, 0.717) is 0 Å². The average Bonchev–Trinajstić information content (AvgIpc) is 2.61. The van der Waals surface area contributed by atoms with Crippen LogP contribution < -0.4 is 5.32 Å². The van der Waals surface area contributed by atoms with Crippen LogP contribution in [-0.2, 0) is 6.54 Å². The van der Waals surface area contributed by atoms with Crippen LogP contribution in [0.2, 0.25) is 0 Å². The Morgan fingerprint density at radius 2 is 2.25 bits per heavy atom. The van der Waals surface area contributed by atoms with Crippen molar-refractivity contribution in [2.75, 3.05) is 23.4 Å². The fourth-order valence-electron chi connectivity index (χ4n) is 2.19. The lowest BCUT2D eigenvalue weighted by Gasteiger charge is -2.22. The van der Waals surface area contributed by atoms with Gasteiger partial charge in [0.25, 0.3) is 0 Å². The van der Waals surface area contributed by atoms with E-state index < -0.39 is 0 Å². The summed E-state index contributed by atoms with van der Waals surface area (Å²) in [6.45, 7) is 6.25. The van der Waals surface area contributed by atoms with Crippen molar-refractivity contribution < 1.29 is 0 Å². The molecule has 0 unspecified atom stereocenters. The van der Waals surface area contributed by atoms with Crippen LogP contribution in [0, 0.1) is 12.8 Å². The third-order valence-corrected chi connectivity index (χ3v) is 4.08.